The third kappa shape index (κ3) is 3.41. The first-order valence-electron chi connectivity index (χ1n) is 9.36. The Bertz CT molecular complexity index is 592. The normalized spacial score (nSPS) is 26.3. The highest BCUT2D eigenvalue weighted by atomic mass is 32.2. The molecule has 3 heterocycles. The van der Waals surface area contributed by atoms with E-state index < -0.39 is 0 Å². The van der Waals surface area contributed by atoms with Gasteiger partial charge in [0, 0.05) is 25.7 Å². The molecule has 3 aliphatic rings. The quantitative estimate of drug-likeness (QED) is 0.905. The van der Waals surface area contributed by atoms with Crippen LogP contribution in [0.15, 0.2) is 5.16 Å². The summed E-state index contributed by atoms with van der Waals surface area (Å²) in [5.41, 5.74) is 0. The summed E-state index contributed by atoms with van der Waals surface area (Å²) in [6.45, 7) is 5.28. The maximum absolute atomic E-state index is 12.3. The number of hydrogen-bond acceptors (Lipinski definition) is 5. The monoisotopic (exact) mass is 349 g/mol. The molecule has 1 saturated carbocycles. The van der Waals surface area contributed by atoms with Crippen LogP contribution in [0.25, 0.3) is 0 Å². The molecule has 1 aromatic heterocycles. The van der Waals surface area contributed by atoms with Gasteiger partial charge in [-0.25, -0.2) is 0 Å². The summed E-state index contributed by atoms with van der Waals surface area (Å²) in [6.07, 6.45) is 7.99. The van der Waals surface area contributed by atoms with Crippen LogP contribution in [-0.4, -0.2) is 45.6 Å². The van der Waals surface area contributed by atoms with Gasteiger partial charge in [0.25, 0.3) is 0 Å². The zero-order chi connectivity index (χ0) is 16.5. The predicted octanol–water partition coefficient (Wildman–Crippen LogP) is 2.61. The maximum Gasteiger partial charge on any atom is 0.233 e. The van der Waals surface area contributed by atoms with E-state index in [2.05, 4.69) is 31.9 Å². The molecule has 0 spiro atoms. The average Bonchev–Trinajstić information content (AvgIpc) is 3.36. The van der Waals surface area contributed by atoms with Crippen molar-refractivity contribution < 1.29 is 4.79 Å². The van der Waals surface area contributed by atoms with E-state index >= 15 is 0 Å². The van der Waals surface area contributed by atoms with Crippen LogP contribution in [0.4, 0.5) is 5.95 Å². The Kier molecular flexibility index (Phi) is 4.70. The Labute approximate surface area is 147 Å². The van der Waals surface area contributed by atoms with Crippen molar-refractivity contribution in [3.05, 3.63) is 0 Å². The minimum atomic E-state index is -0.0246. The molecule has 1 amide bonds. The fourth-order valence-electron chi connectivity index (χ4n) is 3.58. The first-order valence-corrected chi connectivity index (χ1v) is 10.2. The van der Waals surface area contributed by atoms with Gasteiger partial charge >= 0.3 is 0 Å². The summed E-state index contributed by atoms with van der Waals surface area (Å²) >= 11 is 1.62. The lowest BCUT2D eigenvalue weighted by Crippen LogP contribution is -2.35. The van der Waals surface area contributed by atoms with Gasteiger partial charge in [-0.15, -0.1) is 10.2 Å². The molecule has 2 aliphatic heterocycles. The van der Waals surface area contributed by atoms with Gasteiger partial charge in [0.2, 0.25) is 11.9 Å². The Morgan fingerprint density at radius 1 is 1.08 bits per heavy atom. The third-order valence-corrected chi connectivity index (χ3v) is 6.58. The van der Waals surface area contributed by atoms with E-state index in [4.69, 9.17) is 0 Å². The van der Waals surface area contributed by atoms with E-state index in [1.54, 1.807) is 11.8 Å². The molecule has 1 aromatic rings. The highest BCUT2D eigenvalue weighted by Crippen LogP contribution is 2.42. The number of aromatic nitrogens is 3. The maximum atomic E-state index is 12.3. The van der Waals surface area contributed by atoms with Crippen LogP contribution in [0.3, 0.4) is 0 Å². The van der Waals surface area contributed by atoms with Crippen molar-refractivity contribution in [3.63, 3.8) is 0 Å². The van der Waals surface area contributed by atoms with Gasteiger partial charge < -0.3 is 10.2 Å². The molecule has 3 fully saturated rings. The topological polar surface area (TPSA) is 63.1 Å². The lowest BCUT2D eigenvalue weighted by atomic mass is 10.00. The molecule has 6 nitrogen and oxygen atoms in total. The highest BCUT2D eigenvalue weighted by Gasteiger charge is 2.34. The number of nitrogens with one attached hydrogen (secondary N) is 1. The second-order valence-electron chi connectivity index (χ2n) is 7.45. The predicted molar refractivity (Wildman–Crippen MR) is 95.4 cm³/mol. The van der Waals surface area contributed by atoms with Gasteiger partial charge in [0.05, 0.1) is 5.25 Å². The highest BCUT2D eigenvalue weighted by molar-refractivity contribution is 8.00. The molecule has 0 radical (unpaired) electrons. The largest absolute Gasteiger partial charge is 0.355 e. The van der Waals surface area contributed by atoms with Crippen molar-refractivity contribution in [1.82, 2.24) is 20.1 Å². The molecule has 0 aromatic carbocycles. The van der Waals surface area contributed by atoms with Gasteiger partial charge in [-0.05, 0) is 44.4 Å². The zero-order valence-electron chi connectivity index (χ0n) is 14.4. The van der Waals surface area contributed by atoms with E-state index in [1.807, 2.05) is 0 Å². The molecule has 7 heteroatoms. The molecule has 0 unspecified atom stereocenters. The summed E-state index contributed by atoms with van der Waals surface area (Å²) in [7, 11) is 0. The second-order valence-corrected chi connectivity index (χ2v) is 8.62. The van der Waals surface area contributed by atoms with Crippen molar-refractivity contribution in [2.75, 3.05) is 24.5 Å². The van der Waals surface area contributed by atoms with Crippen LogP contribution in [0.2, 0.25) is 0 Å². The smallest absolute Gasteiger partial charge is 0.233 e. The summed E-state index contributed by atoms with van der Waals surface area (Å²) in [5, 5.41) is 13.0. The SMILES string of the molecule is CC1CCN(c2nnc(S[C@@H]3CCCCNC3=O)n2C2CC2)CC1. The van der Waals surface area contributed by atoms with Crippen LogP contribution in [0, 0.1) is 5.92 Å². The molecule has 2 saturated heterocycles. The molecular weight excluding hydrogens is 322 g/mol. The Morgan fingerprint density at radius 2 is 1.88 bits per heavy atom. The van der Waals surface area contributed by atoms with Crippen LogP contribution in [0.1, 0.15) is 57.9 Å². The number of nitrogens with zero attached hydrogens (tertiary/aromatic N) is 4. The van der Waals surface area contributed by atoms with Gasteiger partial charge in [0.15, 0.2) is 5.16 Å². The Balaban J connectivity index is 1.54. The second kappa shape index (κ2) is 6.94. The molecule has 132 valence electrons. The van der Waals surface area contributed by atoms with Gasteiger partial charge in [-0.2, -0.15) is 0 Å². The molecule has 4 rings (SSSR count). The Hall–Kier alpha value is -1.24. The summed E-state index contributed by atoms with van der Waals surface area (Å²) in [6, 6.07) is 0.533. The van der Waals surface area contributed by atoms with Gasteiger partial charge in [-0.1, -0.05) is 25.1 Å². The number of rotatable bonds is 4. The van der Waals surface area contributed by atoms with Crippen molar-refractivity contribution in [2.24, 2.45) is 5.92 Å². The number of amides is 1. The molecule has 24 heavy (non-hydrogen) atoms. The van der Waals surface area contributed by atoms with E-state index in [-0.39, 0.29) is 11.2 Å². The first kappa shape index (κ1) is 16.2. The fraction of sp³-hybridized carbons (Fsp3) is 0.824. The molecule has 1 N–H and O–H groups in total. The summed E-state index contributed by atoms with van der Waals surface area (Å²) in [4.78, 5) is 14.7. The van der Waals surface area contributed by atoms with Crippen LogP contribution in [0.5, 0.6) is 0 Å². The van der Waals surface area contributed by atoms with E-state index in [1.165, 1.54) is 25.7 Å². The third-order valence-electron chi connectivity index (χ3n) is 5.36. The zero-order valence-corrected chi connectivity index (χ0v) is 15.2. The minimum absolute atomic E-state index is 0.0246. The lowest BCUT2D eigenvalue weighted by Gasteiger charge is -2.31. The van der Waals surface area contributed by atoms with Crippen LogP contribution >= 0.6 is 11.8 Å². The number of carbonyl (C=O) groups is 1. The molecule has 0 bridgehead atoms. The fourth-order valence-corrected chi connectivity index (χ4v) is 4.74. The number of anilines is 1. The van der Waals surface area contributed by atoms with Crippen molar-refractivity contribution >= 4 is 23.6 Å². The van der Waals surface area contributed by atoms with Crippen molar-refractivity contribution in [3.8, 4) is 0 Å². The first-order chi connectivity index (χ1) is 11.7. The molecule has 1 atom stereocenters. The van der Waals surface area contributed by atoms with E-state index in [0.717, 1.165) is 55.9 Å². The number of hydrogen-bond donors (Lipinski definition) is 1. The van der Waals surface area contributed by atoms with Crippen molar-refractivity contribution in [1.29, 1.82) is 0 Å². The van der Waals surface area contributed by atoms with Gasteiger partial charge in [-0.3, -0.25) is 9.36 Å². The minimum Gasteiger partial charge on any atom is -0.355 e. The average molecular weight is 350 g/mol. The molecular formula is C17H27N5OS. The summed E-state index contributed by atoms with van der Waals surface area (Å²) in [5.74, 6) is 2.00. The number of thioether (sulfide) groups is 1. The number of piperidine rings is 1. The van der Waals surface area contributed by atoms with E-state index in [9.17, 15) is 4.79 Å². The lowest BCUT2D eigenvalue weighted by molar-refractivity contribution is -0.120. The van der Waals surface area contributed by atoms with E-state index in [0.29, 0.717) is 6.04 Å². The van der Waals surface area contributed by atoms with Crippen molar-refractivity contribution in [2.45, 2.75) is 68.3 Å². The van der Waals surface area contributed by atoms with Crippen LogP contribution in [-0.2, 0) is 4.79 Å². The standard InChI is InChI=1S/C17H27N5OS/c1-12-7-10-21(11-8-12)16-19-20-17(22(16)13-5-6-13)24-14-4-2-3-9-18-15(14)23/h12-14H,2-11H2,1H3,(H,18,23)/t14-/m1/s1. The summed E-state index contributed by atoms with van der Waals surface area (Å²) < 4.78 is 2.32. The number of carbonyl (C=O) groups excluding carboxylic acids is 1. The Morgan fingerprint density at radius 3 is 2.62 bits per heavy atom. The van der Waals surface area contributed by atoms with Gasteiger partial charge in [0.1, 0.15) is 0 Å². The van der Waals surface area contributed by atoms with Crippen LogP contribution < -0.4 is 10.2 Å². The molecule has 1 aliphatic carbocycles.